The van der Waals surface area contributed by atoms with Crippen molar-refractivity contribution in [2.75, 3.05) is 13.1 Å². The summed E-state index contributed by atoms with van der Waals surface area (Å²) in [5.41, 5.74) is 3.26. The van der Waals surface area contributed by atoms with E-state index in [1.807, 2.05) is 0 Å². The molecule has 0 spiro atoms. The van der Waals surface area contributed by atoms with Crippen molar-refractivity contribution < 1.29 is 44.0 Å². The molecule has 0 aromatic heterocycles. The Bertz CT molecular complexity index is 1200. The van der Waals surface area contributed by atoms with Crippen LogP contribution in [0, 0.1) is 0 Å². The van der Waals surface area contributed by atoms with E-state index < -0.39 is 44.3 Å². The van der Waals surface area contributed by atoms with Crippen molar-refractivity contribution in [3.63, 3.8) is 0 Å². The molecular formula is C24H29B2N3O9. The quantitative estimate of drug-likeness (QED) is 0.119. The normalized spacial score (nSPS) is 15.6. The Balaban J connectivity index is 1.39. The number of rotatable bonds is 12. The van der Waals surface area contributed by atoms with Crippen molar-refractivity contribution in [3.05, 3.63) is 58.7 Å². The van der Waals surface area contributed by atoms with Gasteiger partial charge in [-0.05, 0) is 59.2 Å². The lowest BCUT2D eigenvalue weighted by Crippen LogP contribution is -2.45. The highest BCUT2D eigenvalue weighted by molar-refractivity contribution is 6.62. The van der Waals surface area contributed by atoms with Gasteiger partial charge in [-0.2, -0.15) is 0 Å². The van der Waals surface area contributed by atoms with E-state index in [2.05, 4.69) is 16.0 Å². The van der Waals surface area contributed by atoms with E-state index >= 15 is 0 Å². The molecule has 2 aromatic rings. The Hall–Kier alpha value is -3.26. The zero-order valence-electron chi connectivity index (χ0n) is 20.6. The standard InChI is InChI=1S/C24H29B2N3O9/c30-21(27-8-7-22(31)32)6-5-18(29-24(34)15-2-4-17-13-38-26(36)20(17)10-15)11-28-23(33)14-1-3-16-12-37-25(35)19(16)9-14/h1-4,9-10,18,21,27,30,35-36H,5-8,11-13H2,(H,28,33)(H,29,34)(H,31,32)/t18-,21?/m1/s1. The maximum Gasteiger partial charge on any atom is 0.491 e. The summed E-state index contributed by atoms with van der Waals surface area (Å²) in [6, 6.07) is 9.19. The summed E-state index contributed by atoms with van der Waals surface area (Å²) in [6.45, 7) is 0.643. The first-order chi connectivity index (χ1) is 18.2. The van der Waals surface area contributed by atoms with Gasteiger partial charge in [0.2, 0.25) is 0 Å². The number of hydrogen-bond acceptors (Lipinski definition) is 9. The second-order valence-corrected chi connectivity index (χ2v) is 9.23. The second kappa shape index (κ2) is 12.5. The lowest BCUT2D eigenvalue weighted by Gasteiger charge is -2.22. The van der Waals surface area contributed by atoms with E-state index in [4.69, 9.17) is 14.4 Å². The van der Waals surface area contributed by atoms with Crippen LogP contribution in [0.3, 0.4) is 0 Å². The van der Waals surface area contributed by atoms with E-state index in [9.17, 15) is 29.5 Å². The van der Waals surface area contributed by atoms with Gasteiger partial charge in [-0.1, -0.05) is 12.1 Å². The van der Waals surface area contributed by atoms with Crippen molar-refractivity contribution in [3.8, 4) is 0 Å². The first kappa shape index (κ1) is 27.8. The molecular weight excluding hydrogens is 496 g/mol. The van der Waals surface area contributed by atoms with Gasteiger partial charge in [-0.3, -0.25) is 19.7 Å². The fourth-order valence-corrected chi connectivity index (χ4v) is 4.33. The molecule has 200 valence electrons. The number of amides is 2. The van der Waals surface area contributed by atoms with Gasteiger partial charge < -0.3 is 40.2 Å². The molecule has 2 amide bonds. The molecule has 2 aliphatic heterocycles. The molecule has 2 atom stereocenters. The van der Waals surface area contributed by atoms with Crippen LogP contribution in [0.25, 0.3) is 0 Å². The molecule has 0 bridgehead atoms. The van der Waals surface area contributed by atoms with Gasteiger partial charge in [0.1, 0.15) is 6.23 Å². The minimum Gasteiger partial charge on any atom is -0.481 e. The van der Waals surface area contributed by atoms with Crippen molar-refractivity contribution >= 4 is 42.9 Å². The molecule has 0 saturated carbocycles. The summed E-state index contributed by atoms with van der Waals surface area (Å²) in [5, 5.41) is 47.1. The number of fused-ring (bicyclic) bond motifs is 2. The van der Waals surface area contributed by atoms with Crippen molar-refractivity contribution in [2.45, 2.75) is 44.7 Å². The number of aliphatic hydroxyl groups excluding tert-OH is 1. The van der Waals surface area contributed by atoms with E-state index in [0.717, 1.165) is 11.1 Å². The molecule has 38 heavy (non-hydrogen) atoms. The molecule has 0 fully saturated rings. The van der Waals surface area contributed by atoms with E-state index in [-0.39, 0.29) is 45.6 Å². The van der Waals surface area contributed by atoms with Crippen LogP contribution in [-0.4, -0.2) is 77.6 Å². The summed E-state index contributed by atoms with van der Waals surface area (Å²) in [6.07, 6.45) is -0.711. The predicted octanol–water partition coefficient (Wildman–Crippen LogP) is -2.19. The van der Waals surface area contributed by atoms with Crippen LogP contribution in [-0.2, 0) is 27.3 Å². The van der Waals surface area contributed by atoms with Gasteiger partial charge in [-0.25, -0.2) is 0 Å². The van der Waals surface area contributed by atoms with Gasteiger partial charge >= 0.3 is 20.2 Å². The molecule has 7 N–H and O–H groups in total. The number of nitrogens with one attached hydrogen (secondary N) is 3. The van der Waals surface area contributed by atoms with Crippen LogP contribution in [0.1, 0.15) is 51.1 Å². The van der Waals surface area contributed by atoms with Crippen LogP contribution in [0.15, 0.2) is 36.4 Å². The molecule has 0 aliphatic carbocycles. The molecule has 2 aromatic carbocycles. The third kappa shape index (κ3) is 6.98. The highest BCUT2D eigenvalue weighted by Crippen LogP contribution is 2.13. The smallest absolute Gasteiger partial charge is 0.481 e. The maximum absolute atomic E-state index is 13.0. The molecule has 0 saturated heterocycles. The van der Waals surface area contributed by atoms with Crippen molar-refractivity contribution in [1.29, 1.82) is 0 Å². The lowest BCUT2D eigenvalue weighted by atomic mass is 9.78. The lowest BCUT2D eigenvalue weighted by molar-refractivity contribution is -0.137. The number of carboxylic acid groups (broad SMARTS) is 1. The highest BCUT2D eigenvalue weighted by Gasteiger charge is 2.29. The Labute approximate surface area is 219 Å². The predicted molar refractivity (Wildman–Crippen MR) is 137 cm³/mol. The molecule has 2 heterocycles. The fraction of sp³-hybridized carbons (Fsp3) is 0.375. The third-order valence-electron chi connectivity index (χ3n) is 6.49. The molecule has 14 heteroatoms. The number of hydrogen-bond donors (Lipinski definition) is 7. The SMILES string of the molecule is O=C(O)CCNC(O)CC[C@H](CNC(=O)c1ccc2c(c1)B(O)OC2)NC(=O)c1ccc2c(c1)B(O)OC2. The molecule has 4 rings (SSSR count). The Morgan fingerprint density at radius 2 is 1.47 bits per heavy atom. The Kier molecular flexibility index (Phi) is 9.15. The van der Waals surface area contributed by atoms with Gasteiger partial charge in [0.15, 0.2) is 0 Å². The molecule has 1 unspecified atom stereocenters. The molecule has 12 nitrogen and oxygen atoms in total. The number of benzene rings is 2. The first-order valence-electron chi connectivity index (χ1n) is 12.3. The summed E-state index contributed by atoms with van der Waals surface area (Å²) >= 11 is 0. The monoisotopic (exact) mass is 525 g/mol. The summed E-state index contributed by atoms with van der Waals surface area (Å²) < 4.78 is 10.3. The van der Waals surface area contributed by atoms with Crippen molar-refractivity contribution in [1.82, 2.24) is 16.0 Å². The molecule has 2 aliphatic rings. The van der Waals surface area contributed by atoms with Gasteiger partial charge in [0.25, 0.3) is 11.8 Å². The molecule has 0 radical (unpaired) electrons. The van der Waals surface area contributed by atoms with Crippen molar-refractivity contribution in [2.24, 2.45) is 0 Å². The number of carboxylic acids is 1. The Morgan fingerprint density at radius 3 is 2.05 bits per heavy atom. The fourth-order valence-electron chi connectivity index (χ4n) is 4.33. The van der Waals surface area contributed by atoms with Crippen LogP contribution in [0.2, 0.25) is 0 Å². The van der Waals surface area contributed by atoms with E-state index in [0.29, 0.717) is 22.1 Å². The minimum atomic E-state index is -1.10. The van der Waals surface area contributed by atoms with Gasteiger partial charge in [-0.15, -0.1) is 0 Å². The van der Waals surface area contributed by atoms with Gasteiger partial charge in [0, 0.05) is 30.3 Å². The average Bonchev–Trinajstić information content (AvgIpc) is 3.46. The highest BCUT2D eigenvalue weighted by atomic mass is 16.5. The largest absolute Gasteiger partial charge is 0.491 e. The summed E-state index contributed by atoms with van der Waals surface area (Å²) in [5.74, 6) is -1.84. The number of carbonyl (C=O) groups excluding carboxylic acids is 2. The first-order valence-corrected chi connectivity index (χ1v) is 12.3. The zero-order chi connectivity index (χ0) is 27.2. The topological polar surface area (TPSA) is 187 Å². The van der Waals surface area contributed by atoms with E-state index in [1.165, 1.54) is 0 Å². The Morgan fingerprint density at radius 1 is 0.895 bits per heavy atom. The summed E-state index contributed by atoms with van der Waals surface area (Å²) in [4.78, 5) is 36.5. The average molecular weight is 525 g/mol. The number of carbonyl (C=O) groups is 3. The minimum absolute atomic E-state index is 0.0409. The second-order valence-electron chi connectivity index (χ2n) is 9.23. The summed E-state index contributed by atoms with van der Waals surface area (Å²) in [7, 11) is -2.19. The van der Waals surface area contributed by atoms with Gasteiger partial charge in [0.05, 0.1) is 19.6 Å². The third-order valence-corrected chi connectivity index (χ3v) is 6.49. The van der Waals surface area contributed by atoms with E-state index in [1.54, 1.807) is 36.4 Å². The number of aliphatic carboxylic acids is 1. The van der Waals surface area contributed by atoms with Crippen LogP contribution >= 0.6 is 0 Å². The van der Waals surface area contributed by atoms with Crippen LogP contribution in [0.5, 0.6) is 0 Å². The van der Waals surface area contributed by atoms with Crippen LogP contribution < -0.4 is 26.9 Å². The maximum atomic E-state index is 13.0. The number of aliphatic hydroxyl groups is 1. The van der Waals surface area contributed by atoms with Crippen LogP contribution in [0.4, 0.5) is 0 Å². The zero-order valence-corrected chi connectivity index (χ0v) is 20.6.